The van der Waals surface area contributed by atoms with Gasteiger partial charge in [-0.2, -0.15) is 0 Å². The van der Waals surface area contributed by atoms with E-state index in [1.165, 1.54) is 18.3 Å². The first-order chi connectivity index (χ1) is 11.5. The lowest BCUT2D eigenvalue weighted by atomic mass is 10.1. The number of primary amides is 1. The number of amides is 3. The van der Waals surface area contributed by atoms with Crippen molar-refractivity contribution in [2.75, 3.05) is 0 Å². The van der Waals surface area contributed by atoms with E-state index < -0.39 is 24.0 Å². The molecular weight excluding hydrogens is 332 g/mol. The highest BCUT2D eigenvalue weighted by Gasteiger charge is 2.25. The maximum Gasteiger partial charge on any atom is 0.349 e. The normalized spacial score (nSPS) is 13.0. The van der Waals surface area contributed by atoms with Gasteiger partial charge in [0.1, 0.15) is 17.2 Å². The van der Waals surface area contributed by atoms with E-state index in [9.17, 15) is 14.4 Å². The fraction of sp³-hybridized carbons (Fsp3) is 0.188. The third kappa shape index (κ3) is 3.09. The number of nitrogens with two attached hydrogens (primary N) is 1. The van der Waals surface area contributed by atoms with E-state index in [1.807, 2.05) is 29.6 Å². The van der Waals surface area contributed by atoms with Crippen molar-refractivity contribution in [2.45, 2.75) is 19.6 Å². The molecule has 124 valence electrons. The molecule has 1 atom stereocenters. The summed E-state index contributed by atoms with van der Waals surface area (Å²) in [6, 6.07) is 8.25. The molecule has 0 fully saturated rings. The van der Waals surface area contributed by atoms with E-state index in [0.29, 0.717) is 11.5 Å². The number of para-hydroxylation sites is 1. The van der Waals surface area contributed by atoms with Crippen LogP contribution in [-0.4, -0.2) is 24.0 Å². The van der Waals surface area contributed by atoms with Crippen molar-refractivity contribution in [3.05, 3.63) is 40.8 Å². The van der Waals surface area contributed by atoms with Crippen LogP contribution >= 0.6 is 11.3 Å². The number of benzene rings is 1. The predicted octanol–water partition coefficient (Wildman–Crippen LogP) is 2.05. The van der Waals surface area contributed by atoms with Crippen molar-refractivity contribution >= 4 is 29.2 Å². The number of hydrogen-bond donors (Lipinski definition) is 2. The van der Waals surface area contributed by atoms with Crippen LogP contribution in [0.2, 0.25) is 0 Å². The minimum Gasteiger partial charge on any atom is -0.488 e. The molecule has 0 radical (unpaired) electrons. The summed E-state index contributed by atoms with van der Waals surface area (Å²) < 4.78 is 10.7. The quantitative estimate of drug-likeness (QED) is 0.827. The number of carbonyl (C=O) groups excluding carboxylic acids is 3. The van der Waals surface area contributed by atoms with E-state index in [2.05, 4.69) is 0 Å². The van der Waals surface area contributed by atoms with Gasteiger partial charge in [-0.05, 0) is 25.1 Å². The lowest BCUT2D eigenvalue weighted by Crippen LogP contribution is -2.42. The Labute approximate surface area is 141 Å². The van der Waals surface area contributed by atoms with Crippen LogP contribution in [0.5, 0.6) is 5.75 Å². The van der Waals surface area contributed by atoms with Crippen LogP contribution in [0.3, 0.4) is 0 Å². The highest BCUT2D eigenvalue weighted by molar-refractivity contribution is 7.17. The van der Waals surface area contributed by atoms with Crippen LogP contribution in [0.1, 0.15) is 22.2 Å². The van der Waals surface area contributed by atoms with Gasteiger partial charge in [-0.3, -0.25) is 10.1 Å². The number of hydrogen-bond acceptors (Lipinski definition) is 6. The van der Waals surface area contributed by atoms with Crippen LogP contribution in [0, 0.1) is 0 Å². The Morgan fingerprint density at radius 1 is 1.33 bits per heavy atom. The largest absolute Gasteiger partial charge is 0.488 e. The Hall–Kier alpha value is -2.87. The summed E-state index contributed by atoms with van der Waals surface area (Å²) in [5, 5.41) is 1.87. The van der Waals surface area contributed by atoms with Crippen molar-refractivity contribution in [3.63, 3.8) is 0 Å². The molecule has 3 rings (SSSR count). The summed E-state index contributed by atoms with van der Waals surface area (Å²) in [7, 11) is 0. The molecule has 0 aliphatic carbocycles. The van der Waals surface area contributed by atoms with Crippen LogP contribution < -0.4 is 15.8 Å². The summed E-state index contributed by atoms with van der Waals surface area (Å²) in [5.74, 6) is -0.647. The molecule has 1 aromatic heterocycles. The van der Waals surface area contributed by atoms with Gasteiger partial charge in [-0.25, -0.2) is 9.59 Å². The Morgan fingerprint density at radius 2 is 2.08 bits per heavy atom. The lowest BCUT2D eigenvalue weighted by molar-refractivity contribution is -0.127. The highest BCUT2D eigenvalue weighted by Crippen LogP contribution is 2.42. The molecule has 1 aromatic carbocycles. The third-order valence-electron chi connectivity index (χ3n) is 3.42. The van der Waals surface area contributed by atoms with E-state index in [4.69, 9.17) is 15.2 Å². The molecule has 0 saturated heterocycles. The summed E-state index contributed by atoms with van der Waals surface area (Å²) in [5.41, 5.74) is 6.67. The SMILES string of the molecule is CC(OC(=O)c1cc2c(s1)-c1ccccc1OC2)C(=O)NC(N)=O. The van der Waals surface area contributed by atoms with E-state index in [-0.39, 0.29) is 0 Å². The van der Waals surface area contributed by atoms with Crippen molar-refractivity contribution in [2.24, 2.45) is 5.73 Å². The van der Waals surface area contributed by atoms with Crippen LogP contribution in [0.4, 0.5) is 4.79 Å². The van der Waals surface area contributed by atoms with E-state index in [0.717, 1.165) is 21.8 Å². The number of fused-ring (bicyclic) bond motifs is 3. The topological polar surface area (TPSA) is 108 Å². The van der Waals surface area contributed by atoms with Gasteiger partial charge in [0.05, 0.1) is 0 Å². The van der Waals surface area contributed by atoms with Gasteiger partial charge in [0.15, 0.2) is 6.10 Å². The molecule has 0 bridgehead atoms. The number of carbonyl (C=O) groups is 3. The van der Waals surface area contributed by atoms with Gasteiger partial charge in [0, 0.05) is 16.0 Å². The molecule has 3 N–H and O–H groups in total. The molecule has 2 aromatic rings. The first kappa shape index (κ1) is 16.0. The van der Waals surface area contributed by atoms with Crippen molar-refractivity contribution in [1.29, 1.82) is 0 Å². The van der Waals surface area contributed by atoms with Crippen LogP contribution in [0.25, 0.3) is 10.4 Å². The Balaban J connectivity index is 1.78. The number of ether oxygens (including phenoxy) is 2. The summed E-state index contributed by atoms with van der Waals surface area (Å²) in [4.78, 5) is 35.8. The third-order valence-corrected chi connectivity index (χ3v) is 4.62. The lowest BCUT2D eigenvalue weighted by Gasteiger charge is -2.16. The molecule has 24 heavy (non-hydrogen) atoms. The predicted molar refractivity (Wildman–Crippen MR) is 86.7 cm³/mol. The van der Waals surface area contributed by atoms with Crippen molar-refractivity contribution in [1.82, 2.24) is 5.32 Å². The fourth-order valence-corrected chi connectivity index (χ4v) is 3.38. The minimum absolute atomic E-state index is 0.360. The average molecular weight is 346 g/mol. The molecule has 3 amide bonds. The average Bonchev–Trinajstić information content (AvgIpc) is 2.99. The number of esters is 1. The number of nitrogens with one attached hydrogen (secondary N) is 1. The van der Waals surface area contributed by atoms with Crippen molar-refractivity contribution in [3.8, 4) is 16.2 Å². The van der Waals surface area contributed by atoms with Gasteiger partial charge < -0.3 is 15.2 Å². The van der Waals surface area contributed by atoms with Gasteiger partial charge in [0.2, 0.25) is 0 Å². The monoisotopic (exact) mass is 346 g/mol. The van der Waals surface area contributed by atoms with Gasteiger partial charge in [0.25, 0.3) is 5.91 Å². The maximum atomic E-state index is 12.2. The fourth-order valence-electron chi connectivity index (χ4n) is 2.30. The molecule has 0 spiro atoms. The van der Waals surface area contributed by atoms with E-state index >= 15 is 0 Å². The summed E-state index contributed by atoms with van der Waals surface area (Å²) in [6.45, 7) is 1.73. The highest BCUT2D eigenvalue weighted by atomic mass is 32.1. The second-order valence-electron chi connectivity index (χ2n) is 5.15. The molecular formula is C16H14N2O5S. The number of urea groups is 1. The minimum atomic E-state index is -1.13. The van der Waals surface area contributed by atoms with Crippen LogP contribution in [-0.2, 0) is 16.1 Å². The first-order valence-electron chi connectivity index (χ1n) is 7.12. The molecule has 1 aliphatic rings. The van der Waals surface area contributed by atoms with Gasteiger partial charge in [-0.15, -0.1) is 11.3 Å². The smallest absolute Gasteiger partial charge is 0.349 e. The number of thiophene rings is 1. The summed E-state index contributed by atoms with van der Waals surface area (Å²) >= 11 is 1.28. The second-order valence-corrected chi connectivity index (χ2v) is 6.20. The first-order valence-corrected chi connectivity index (χ1v) is 7.93. The Morgan fingerprint density at radius 3 is 2.83 bits per heavy atom. The Bertz CT molecular complexity index is 830. The van der Waals surface area contributed by atoms with Crippen molar-refractivity contribution < 1.29 is 23.9 Å². The standard InChI is InChI=1S/C16H14N2O5S/c1-8(14(19)18-16(17)21)23-15(20)12-6-9-7-22-11-5-3-2-4-10(11)13(9)24-12/h2-6,8H,7H2,1H3,(H3,17,18,19,21). The maximum absolute atomic E-state index is 12.2. The zero-order chi connectivity index (χ0) is 17.3. The van der Waals surface area contributed by atoms with Gasteiger partial charge >= 0.3 is 12.0 Å². The Kier molecular flexibility index (Phi) is 4.22. The second kappa shape index (κ2) is 6.32. The molecule has 1 aliphatic heterocycles. The zero-order valence-corrected chi connectivity index (χ0v) is 13.5. The summed E-state index contributed by atoms with van der Waals surface area (Å²) in [6.07, 6.45) is -1.13. The van der Waals surface area contributed by atoms with Gasteiger partial charge in [-0.1, -0.05) is 12.1 Å². The van der Waals surface area contributed by atoms with E-state index in [1.54, 1.807) is 6.07 Å². The zero-order valence-electron chi connectivity index (χ0n) is 12.7. The number of imide groups is 1. The molecule has 1 unspecified atom stereocenters. The number of rotatable bonds is 3. The molecule has 7 nitrogen and oxygen atoms in total. The molecule has 2 heterocycles. The molecule has 0 saturated carbocycles. The molecule has 8 heteroatoms. The van der Waals surface area contributed by atoms with Crippen LogP contribution in [0.15, 0.2) is 30.3 Å².